The second-order valence-electron chi connectivity index (χ2n) is 6.62. The van der Waals surface area contributed by atoms with Crippen molar-refractivity contribution in [2.75, 3.05) is 0 Å². The molecule has 1 amide bonds. The summed E-state index contributed by atoms with van der Waals surface area (Å²) in [5.41, 5.74) is 5.07. The summed E-state index contributed by atoms with van der Waals surface area (Å²) in [6.45, 7) is 10.1. The highest BCUT2D eigenvalue weighted by atomic mass is 16.5. The summed E-state index contributed by atoms with van der Waals surface area (Å²) < 4.78 is 5.91. The highest BCUT2D eigenvalue weighted by molar-refractivity contribution is 5.96. The smallest absolute Gasteiger partial charge is 0.269 e. The Morgan fingerprint density at radius 3 is 2.43 bits per heavy atom. The Morgan fingerprint density at radius 2 is 1.91 bits per heavy atom. The Morgan fingerprint density at radius 1 is 1.30 bits per heavy atom. The van der Waals surface area contributed by atoms with E-state index in [0.717, 1.165) is 5.75 Å². The predicted octanol–water partition coefficient (Wildman–Crippen LogP) is 2.76. The number of aryl methyl sites for hydroxylation is 1. The maximum Gasteiger partial charge on any atom is 0.269 e. The summed E-state index contributed by atoms with van der Waals surface area (Å²) in [6, 6.07) is 7.95. The van der Waals surface area contributed by atoms with E-state index in [-0.39, 0.29) is 17.4 Å². The zero-order chi connectivity index (χ0) is 17.2. The molecule has 0 fully saturated rings. The minimum absolute atomic E-state index is 0.0931. The maximum atomic E-state index is 11.9. The quantitative estimate of drug-likeness (QED) is 0.459. The zero-order valence-corrected chi connectivity index (χ0v) is 14.2. The largest absolute Gasteiger partial charge is 0.484 e. The van der Waals surface area contributed by atoms with E-state index in [2.05, 4.69) is 36.4 Å². The molecule has 1 unspecified atom stereocenters. The SMILES string of the molecule is Cc1[nH]nc(C(C)Oc2ccc(C(C)(C)C)cc2)c1C(=O)NN. The van der Waals surface area contributed by atoms with Gasteiger partial charge in [-0.3, -0.25) is 15.3 Å². The standard InChI is InChI=1S/C17H24N4O2/c1-10-14(16(22)19-18)15(21-20-10)11(2)23-13-8-6-12(7-9-13)17(3,4)5/h6-9,11H,18H2,1-5H3,(H,19,22)(H,20,21). The van der Waals surface area contributed by atoms with Crippen LogP contribution in [0.4, 0.5) is 0 Å². The van der Waals surface area contributed by atoms with Gasteiger partial charge in [-0.2, -0.15) is 5.10 Å². The first-order valence-electron chi connectivity index (χ1n) is 7.57. The van der Waals surface area contributed by atoms with Crippen LogP contribution in [0.25, 0.3) is 0 Å². The van der Waals surface area contributed by atoms with Crippen molar-refractivity contribution < 1.29 is 9.53 Å². The number of H-pyrrole nitrogens is 1. The van der Waals surface area contributed by atoms with Crippen LogP contribution in [-0.2, 0) is 5.41 Å². The molecule has 0 aliphatic rings. The van der Waals surface area contributed by atoms with Gasteiger partial charge in [0.1, 0.15) is 17.5 Å². The molecule has 6 nitrogen and oxygen atoms in total. The normalized spacial score (nSPS) is 12.8. The van der Waals surface area contributed by atoms with Crippen LogP contribution < -0.4 is 16.0 Å². The lowest BCUT2D eigenvalue weighted by Crippen LogP contribution is -2.31. The number of hydrazine groups is 1. The van der Waals surface area contributed by atoms with Crippen LogP contribution in [0.15, 0.2) is 24.3 Å². The molecule has 0 spiro atoms. The zero-order valence-electron chi connectivity index (χ0n) is 14.2. The number of carbonyl (C=O) groups is 1. The van der Waals surface area contributed by atoms with E-state index < -0.39 is 0 Å². The molecule has 0 radical (unpaired) electrons. The molecule has 0 saturated carbocycles. The number of nitrogen functional groups attached to an aromatic ring is 1. The molecule has 1 heterocycles. The average Bonchev–Trinajstić information content (AvgIpc) is 2.88. The number of hydrogen-bond donors (Lipinski definition) is 3. The third-order valence-corrected chi connectivity index (χ3v) is 3.75. The highest BCUT2D eigenvalue weighted by Crippen LogP contribution is 2.27. The van der Waals surface area contributed by atoms with E-state index in [1.54, 1.807) is 6.92 Å². The van der Waals surface area contributed by atoms with Gasteiger partial charge in [-0.05, 0) is 37.0 Å². The van der Waals surface area contributed by atoms with Crippen molar-refractivity contribution in [3.63, 3.8) is 0 Å². The lowest BCUT2D eigenvalue weighted by Gasteiger charge is -2.20. The summed E-state index contributed by atoms with van der Waals surface area (Å²) in [5.74, 6) is 5.57. The van der Waals surface area contributed by atoms with Crippen molar-refractivity contribution in [1.82, 2.24) is 15.6 Å². The van der Waals surface area contributed by atoms with Crippen molar-refractivity contribution in [3.05, 3.63) is 46.8 Å². The summed E-state index contributed by atoms with van der Waals surface area (Å²) in [4.78, 5) is 11.9. The molecule has 0 aliphatic carbocycles. The number of aromatic amines is 1. The van der Waals surface area contributed by atoms with Gasteiger partial charge in [0.05, 0.1) is 5.56 Å². The average molecular weight is 316 g/mol. The monoisotopic (exact) mass is 316 g/mol. The Bertz CT molecular complexity index is 684. The van der Waals surface area contributed by atoms with Gasteiger partial charge in [-0.25, -0.2) is 5.84 Å². The van der Waals surface area contributed by atoms with Crippen LogP contribution in [0.3, 0.4) is 0 Å². The first-order valence-corrected chi connectivity index (χ1v) is 7.57. The molecular formula is C17H24N4O2. The number of nitrogens with two attached hydrogens (primary N) is 1. The molecule has 1 aromatic heterocycles. The van der Waals surface area contributed by atoms with Crippen molar-refractivity contribution >= 4 is 5.91 Å². The summed E-state index contributed by atoms with van der Waals surface area (Å²) in [7, 11) is 0. The van der Waals surface area contributed by atoms with E-state index in [1.807, 2.05) is 31.2 Å². The minimum Gasteiger partial charge on any atom is -0.484 e. The molecule has 2 rings (SSSR count). The van der Waals surface area contributed by atoms with E-state index in [9.17, 15) is 4.79 Å². The van der Waals surface area contributed by atoms with E-state index in [1.165, 1.54) is 5.56 Å². The molecular weight excluding hydrogens is 292 g/mol. The van der Waals surface area contributed by atoms with Crippen molar-refractivity contribution in [2.24, 2.45) is 5.84 Å². The highest BCUT2D eigenvalue weighted by Gasteiger charge is 2.23. The Kier molecular flexibility index (Phi) is 4.75. The Labute approximate surface area is 136 Å². The van der Waals surface area contributed by atoms with Gasteiger partial charge in [0.15, 0.2) is 0 Å². The fourth-order valence-electron chi connectivity index (χ4n) is 2.39. The summed E-state index contributed by atoms with van der Waals surface area (Å²) in [6.07, 6.45) is -0.382. The lowest BCUT2D eigenvalue weighted by atomic mass is 9.87. The molecule has 0 aliphatic heterocycles. The fraction of sp³-hybridized carbons (Fsp3) is 0.412. The number of nitrogens with one attached hydrogen (secondary N) is 2. The van der Waals surface area contributed by atoms with Gasteiger partial charge < -0.3 is 4.74 Å². The third kappa shape index (κ3) is 3.71. The fourth-order valence-corrected chi connectivity index (χ4v) is 2.39. The van der Waals surface area contributed by atoms with E-state index in [4.69, 9.17) is 10.6 Å². The molecule has 1 atom stereocenters. The van der Waals surface area contributed by atoms with Gasteiger partial charge in [-0.1, -0.05) is 32.9 Å². The number of nitrogens with zero attached hydrogens (tertiary/aromatic N) is 1. The van der Waals surface area contributed by atoms with Gasteiger partial charge in [0.2, 0.25) is 0 Å². The van der Waals surface area contributed by atoms with E-state index >= 15 is 0 Å². The molecule has 0 bridgehead atoms. The van der Waals surface area contributed by atoms with Gasteiger partial charge in [0.25, 0.3) is 5.91 Å². The minimum atomic E-state index is -0.384. The molecule has 1 aromatic carbocycles. The number of benzene rings is 1. The number of hydrogen-bond acceptors (Lipinski definition) is 4. The van der Waals surface area contributed by atoms with Crippen molar-refractivity contribution in [2.45, 2.75) is 46.1 Å². The van der Waals surface area contributed by atoms with Crippen LogP contribution >= 0.6 is 0 Å². The number of rotatable bonds is 4. The molecule has 2 aromatic rings. The molecule has 6 heteroatoms. The summed E-state index contributed by atoms with van der Waals surface area (Å²) in [5, 5.41) is 6.97. The molecule has 4 N–H and O–H groups in total. The predicted molar refractivity (Wildman–Crippen MR) is 89.2 cm³/mol. The lowest BCUT2D eigenvalue weighted by molar-refractivity contribution is 0.0948. The van der Waals surface area contributed by atoms with Crippen LogP contribution in [-0.4, -0.2) is 16.1 Å². The van der Waals surface area contributed by atoms with Crippen molar-refractivity contribution in [3.8, 4) is 5.75 Å². The van der Waals surface area contributed by atoms with Gasteiger partial charge in [-0.15, -0.1) is 0 Å². The Hall–Kier alpha value is -2.34. The number of amides is 1. The first kappa shape index (κ1) is 17.0. The molecule has 124 valence electrons. The van der Waals surface area contributed by atoms with E-state index in [0.29, 0.717) is 17.0 Å². The number of ether oxygens (including phenoxy) is 1. The van der Waals surface area contributed by atoms with Crippen LogP contribution in [0, 0.1) is 6.92 Å². The number of carbonyl (C=O) groups excluding carboxylic acids is 1. The molecule has 0 saturated heterocycles. The maximum absolute atomic E-state index is 11.9. The molecule has 23 heavy (non-hydrogen) atoms. The Balaban J connectivity index is 2.20. The second-order valence-corrected chi connectivity index (χ2v) is 6.62. The van der Waals surface area contributed by atoms with Crippen LogP contribution in [0.2, 0.25) is 0 Å². The van der Waals surface area contributed by atoms with Crippen molar-refractivity contribution in [1.29, 1.82) is 0 Å². The van der Waals surface area contributed by atoms with Crippen LogP contribution in [0.5, 0.6) is 5.75 Å². The third-order valence-electron chi connectivity index (χ3n) is 3.75. The summed E-state index contributed by atoms with van der Waals surface area (Å²) >= 11 is 0. The van der Waals surface area contributed by atoms with Gasteiger partial charge in [0, 0.05) is 5.69 Å². The van der Waals surface area contributed by atoms with Crippen LogP contribution in [0.1, 0.15) is 61.1 Å². The first-order chi connectivity index (χ1) is 10.7. The topological polar surface area (TPSA) is 93.0 Å². The van der Waals surface area contributed by atoms with Gasteiger partial charge >= 0.3 is 0 Å². The number of aromatic nitrogens is 2. The second kappa shape index (κ2) is 6.42.